The molecule has 0 bridgehead atoms. The van der Waals surface area contributed by atoms with Gasteiger partial charge in [0.15, 0.2) is 0 Å². The van der Waals surface area contributed by atoms with Crippen molar-refractivity contribution in [3.63, 3.8) is 0 Å². The average Bonchev–Trinajstić information content (AvgIpc) is 2.38. The van der Waals surface area contributed by atoms with Crippen LogP contribution in [-0.2, 0) is 9.47 Å². The van der Waals surface area contributed by atoms with E-state index in [9.17, 15) is 5.11 Å². The SMILES string of the molecule is OC(CCC1CCCCO1)C1=CCCCO1. The average molecular weight is 226 g/mol. The van der Waals surface area contributed by atoms with Crippen LogP contribution in [-0.4, -0.2) is 30.5 Å². The van der Waals surface area contributed by atoms with E-state index in [2.05, 4.69) is 0 Å². The van der Waals surface area contributed by atoms with E-state index < -0.39 is 6.10 Å². The second kappa shape index (κ2) is 6.26. The zero-order chi connectivity index (χ0) is 11.2. The van der Waals surface area contributed by atoms with Crippen LogP contribution in [0.5, 0.6) is 0 Å². The van der Waals surface area contributed by atoms with Crippen molar-refractivity contribution in [1.82, 2.24) is 0 Å². The fourth-order valence-corrected chi connectivity index (χ4v) is 2.33. The van der Waals surface area contributed by atoms with Crippen LogP contribution in [0.25, 0.3) is 0 Å². The number of rotatable bonds is 4. The van der Waals surface area contributed by atoms with Crippen LogP contribution >= 0.6 is 0 Å². The third-order valence-corrected chi connectivity index (χ3v) is 3.33. The molecule has 2 heterocycles. The number of aliphatic hydroxyl groups is 1. The lowest BCUT2D eigenvalue weighted by atomic mass is 10.0. The van der Waals surface area contributed by atoms with E-state index in [4.69, 9.17) is 9.47 Å². The van der Waals surface area contributed by atoms with Crippen molar-refractivity contribution < 1.29 is 14.6 Å². The number of allylic oxidation sites excluding steroid dienone is 1. The van der Waals surface area contributed by atoms with Crippen LogP contribution in [0.1, 0.15) is 44.9 Å². The molecule has 2 aliphatic rings. The van der Waals surface area contributed by atoms with Crippen molar-refractivity contribution in [1.29, 1.82) is 0 Å². The van der Waals surface area contributed by atoms with Crippen LogP contribution in [0.15, 0.2) is 11.8 Å². The first-order valence-corrected chi connectivity index (χ1v) is 6.49. The molecule has 92 valence electrons. The lowest BCUT2D eigenvalue weighted by molar-refractivity contribution is -0.000288. The van der Waals surface area contributed by atoms with Gasteiger partial charge in [-0.2, -0.15) is 0 Å². The molecule has 0 aromatic carbocycles. The van der Waals surface area contributed by atoms with Crippen molar-refractivity contribution in [2.75, 3.05) is 13.2 Å². The Morgan fingerprint density at radius 3 is 2.94 bits per heavy atom. The predicted octanol–water partition coefficient (Wildman–Crippen LogP) is 2.39. The highest BCUT2D eigenvalue weighted by atomic mass is 16.5. The van der Waals surface area contributed by atoms with Crippen LogP contribution in [0, 0.1) is 0 Å². The summed E-state index contributed by atoms with van der Waals surface area (Å²) in [6, 6.07) is 0. The molecule has 2 unspecified atom stereocenters. The maximum Gasteiger partial charge on any atom is 0.120 e. The first-order chi connectivity index (χ1) is 7.86. The van der Waals surface area contributed by atoms with Gasteiger partial charge in [0.25, 0.3) is 0 Å². The standard InChI is InChI=1S/C13H22O3/c14-12(13-6-2-4-10-16-13)8-7-11-5-1-3-9-15-11/h6,11-12,14H,1-5,7-10H2. The van der Waals surface area contributed by atoms with E-state index in [1.165, 1.54) is 12.8 Å². The molecule has 1 N–H and O–H groups in total. The lowest BCUT2D eigenvalue weighted by Crippen LogP contribution is -2.23. The van der Waals surface area contributed by atoms with Crippen LogP contribution < -0.4 is 0 Å². The fourth-order valence-electron chi connectivity index (χ4n) is 2.33. The quantitative estimate of drug-likeness (QED) is 0.800. The zero-order valence-corrected chi connectivity index (χ0v) is 9.86. The number of hydrogen-bond donors (Lipinski definition) is 1. The topological polar surface area (TPSA) is 38.7 Å². The molecule has 1 saturated heterocycles. The van der Waals surface area contributed by atoms with Crippen LogP contribution in [0.3, 0.4) is 0 Å². The summed E-state index contributed by atoms with van der Waals surface area (Å²) in [6.45, 7) is 1.64. The molecule has 0 saturated carbocycles. The predicted molar refractivity (Wildman–Crippen MR) is 62.1 cm³/mol. The summed E-state index contributed by atoms with van der Waals surface area (Å²) < 4.78 is 11.1. The Labute approximate surface area is 97.4 Å². The molecule has 0 spiro atoms. The first kappa shape index (κ1) is 11.9. The van der Waals surface area contributed by atoms with Crippen LogP contribution in [0.2, 0.25) is 0 Å². The van der Waals surface area contributed by atoms with Crippen LogP contribution in [0.4, 0.5) is 0 Å². The Kier molecular flexibility index (Phi) is 4.67. The Morgan fingerprint density at radius 1 is 1.31 bits per heavy atom. The molecular weight excluding hydrogens is 204 g/mol. The molecule has 0 aromatic heterocycles. The molecule has 3 heteroatoms. The summed E-state index contributed by atoms with van der Waals surface area (Å²) in [5.41, 5.74) is 0. The molecule has 0 aliphatic carbocycles. The van der Waals surface area contributed by atoms with Gasteiger partial charge in [0.05, 0.1) is 12.7 Å². The molecule has 2 aliphatic heterocycles. The summed E-state index contributed by atoms with van der Waals surface area (Å²) in [7, 11) is 0. The highest BCUT2D eigenvalue weighted by molar-refractivity contribution is 5.02. The van der Waals surface area contributed by atoms with Gasteiger partial charge in [-0.25, -0.2) is 0 Å². The van der Waals surface area contributed by atoms with Gasteiger partial charge in [-0.05, 0) is 51.0 Å². The molecule has 1 fully saturated rings. The van der Waals surface area contributed by atoms with Crippen molar-refractivity contribution >= 4 is 0 Å². The maximum absolute atomic E-state index is 9.96. The third-order valence-electron chi connectivity index (χ3n) is 3.33. The number of aliphatic hydroxyl groups excluding tert-OH is 1. The Balaban J connectivity index is 1.69. The minimum Gasteiger partial charge on any atom is -0.496 e. The maximum atomic E-state index is 9.96. The largest absolute Gasteiger partial charge is 0.496 e. The summed E-state index contributed by atoms with van der Waals surface area (Å²) >= 11 is 0. The normalized spacial score (nSPS) is 28.1. The van der Waals surface area contributed by atoms with Gasteiger partial charge in [0, 0.05) is 6.61 Å². The van der Waals surface area contributed by atoms with Gasteiger partial charge in [0.2, 0.25) is 0 Å². The highest BCUT2D eigenvalue weighted by Crippen LogP contribution is 2.21. The summed E-state index contributed by atoms with van der Waals surface area (Å²) in [5.74, 6) is 0.780. The lowest BCUT2D eigenvalue weighted by Gasteiger charge is -2.25. The first-order valence-electron chi connectivity index (χ1n) is 6.49. The monoisotopic (exact) mass is 226 g/mol. The Hall–Kier alpha value is -0.540. The van der Waals surface area contributed by atoms with Gasteiger partial charge in [-0.1, -0.05) is 0 Å². The highest BCUT2D eigenvalue weighted by Gasteiger charge is 2.19. The van der Waals surface area contributed by atoms with Gasteiger partial charge in [0.1, 0.15) is 11.9 Å². The van der Waals surface area contributed by atoms with Crippen molar-refractivity contribution in [2.45, 2.75) is 57.2 Å². The molecule has 16 heavy (non-hydrogen) atoms. The van der Waals surface area contributed by atoms with E-state index in [0.29, 0.717) is 6.10 Å². The van der Waals surface area contributed by atoms with Gasteiger partial charge < -0.3 is 14.6 Å². The molecule has 2 atom stereocenters. The zero-order valence-electron chi connectivity index (χ0n) is 9.86. The van der Waals surface area contributed by atoms with E-state index in [-0.39, 0.29) is 0 Å². The van der Waals surface area contributed by atoms with Crippen molar-refractivity contribution in [2.24, 2.45) is 0 Å². The van der Waals surface area contributed by atoms with E-state index in [1.807, 2.05) is 6.08 Å². The Bertz CT molecular complexity index is 231. The van der Waals surface area contributed by atoms with Gasteiger partial charge >= 0.3 is 0 Å². The van der Waals surface area contributed by atoms with E-state index in [1.54, 1.807) is 0 Å². The van der Waals surface area contributed by atoms with Gasteiger partial charge in [-0.15, -0.1) is 0 Å². The fraction of sp³-hybridized carbons (Fsp3) is 0.846. The van der Waals surface area contributed by atoms with E-state index in [0.717, 1.165) is 51.1 Å². The van der Waals surface area contributed by atoms with Crippen molar-refractivity contribution in [3.8, 4) is 0 Å². The molecule has 0 aromatic rings. The number of hydrogen-bond acceptors (Lipinski definition) is 3. The van der Waals surface area contributed by atoms with E-state index >= 15 is 0 Å². The molecule has 0 amide bonds. The molecule has 0 radical (unpaired) electrons. The molecule has 2 rings (SSSR count). The third kappa shape index (κ3) is 3.49. The molecule has 3 nitrogen and oxygen atoms in total. The minimum atomic E-state index is -0.425. The second-order valence-corrected chi connectivity index (χ2v) is 4.68. The molecular formula is C13H22O3. The summed E-state index contributed by atoms with van der Waals surface area (Å²) in [4.78, 5) is 0. The van der Waals surface area contributed by atoms with Gasteiger partial charge in [-0.3, -0.25) is 0 Å². The summed E-state index contributed by atoms with van der Waals surface area (Å²) in [5, 5.41) is 9.96. The van der Waals surface area contributed by atoms with Crippen molar-refractivity contribution in [3.05, 3.63) is 11.8 Å². The minimum absolute atomic E-state index is 0.354. The number of ether oxygens (including phenoxy) is 2. The smallest absolute Gasteiger partial charge is 0.120 e. The summed E-state index contributed by atoms with van der Waals surface area (Å²) in [6.07, 6.45) is 9.36. The second-order valence-electron chi connectivity index (χ2n) is 4.68. The Morgan fingerprint density at radius 2 is 2.25 bits per heavy atom.